The summed E-state index contributed by atoms with van der Waals surface area (Å²) >= 11 is 0. The van der Waals surface area contributed by atoms with E-state index in [1.807, 2.05) is 12.1 Å². The highest BCUT2D eigenvalue weighted by molar-refractivity contribution is 5.87. The fraction of sp³-hybridized carbons (Fsp3) is 0.583. The summed E-state index contributed by atoms with van der Waals surface area (Å²) in [6.07, 6.45) is -3.70. The van der Waals surface area contributed by atoms with Crippen LogP contribution in [0.3, 0.4) is 0 Å². The van der Waals surface area contributed by atoms with Crippen molar-refractivity contribution in [2.75, 3.05) is 51.0 Å². The number of amides is 2. The number of pyridine rings is 1. The molecule has 4 aliphatic rings. The van der Waals surface area contributed by atoms with Crippen molar-refractivity contribution in [1.29, 1.82) is 0 Å². The number of aromatic nitrogens is 1. The van der Waals surface area contributed by atoms with Gasteiger partial charge in [-0.2, -0.15) is 13.2 Å². The molecule has 4 saturated heterocycles. The average Bonchev–Trinajstić information content (AvgIpc) is 3.29. The first kappa shape index (κ1) is 36.8. The number of anilines is 1. The first-order valence-electron chi connectivity index (χ1n) is 17.3. The number of hydrogen-bond donors (Lipinski definition) is 4. The Hall–Kier alpha value is -3.94. The van der Waals surface area contributed by atoms with Crippen molar-refractivity contribution in [3.8, 4) is 11.8 Å². The zero-order chi connectivity index (χ0) is 36.3. The molecule has 2 bridgehead atoms. The molecule has 0 spiro atoms. The molecule has 0 saturated carbocycles. The van der Waals surface area contributed by atoms with Crippen LogP contribution in [0.25, 0.3) is 0 Å². The summed E-state index contributed by atoms with van der Waals surface area (Å²) in [6, 6.07) is 9.53. The van der Waals surface area contributed by atoms with Gasteiger partial charge in [-0.1, -0.05) is 24.0 Å². The highest BCUT2D eigenvalue weighted by Crippen LogP contribution is 2.41. The quantitative estimate of drug-likeness (QED) is 0.255. The van der Waals surface area contributed by atoms with E-state index in [1.165, 1.54) is 12.8 Å². The summed E-state index contributed by atoms with van der Waals surface area (Å²) in [7, 11) is 0. The standard InChI is InChI=1S/C36H45F3N6O6/c1-35(2,36(37,38)39)32(43-34(48)51-28-20-50-21-28)33(47)42-29(30(46)14-40)13-23-6-3-22(4-7-23)5-8-24-9-12-31(41-15-24)44-16-25-10-11-26(17-44)45(25)27-18-49-19-27/h3-4,6-7,9,12,15,25-30,32,46H,10-11,13-14,16-21,40H2,1-2H3,(H,42,47)(H,43,48)/t25?,26?,29-,30-,32?/m0/s1. The van der Waals surface area contributed by atoms with Gasteiger partial charge in [-0.15, -0.1) is 0 Å². The number of aliphatic hydroxyl groups excluding tert-OH is 1. The maximum Gasteiger partial charge on any atom is 0.408 e. The Morgan fingerprint density at radius 3 is 2.14 bits per heavy atom. The second-order valence-electron chi connectivity index (χ2n) is 14.3. The van der Waals surface area contributed by atoms with E-state index in [0.29, 0.717) is 29.3 Å². The summed E-state index contributed by atoms with van der Waals surface area (Å²) < 4.78 is 57.5. The van der Waals surface area contributed by atoms with Gasteiger partial charge in [0.2, 0.25) is 5.91 Å². The van der Waals surface area contributed by atoms with Crippen LogP contribution in [0.4, 0.5) is 23.8 Å². The van der Waals surface area contributed by atoms with Crippen molar-refractivity contribution in [3.05, 3.63) is 59.3 Å². The third kappa shape index (κ3) is 8.42. The van der Waals surface area contributed by atoms with E-state index in [9.17, 15) is 27.9 Å². The smallest absolute Gasteiger partial charge is 0.408 e. The molecule has 1 aromatic carbocycles. The van der Waals surface area contributed by atoms with Gasteiger partial charge >= 0.3 is 12.3 Å². The summed E-state index contributed by atoms with van der Waals surface area (Å²) in [4.78, 5) is 35.4. The maximum absolute atomic E-state index is 14.0. The monoisotopic (exact) mass is 714 g/mol. The van der Waals surface area contributed by atoms with Crippen molar-refractivity contribution in [2.24, 2.45) is 11.1 Å². The molecule has 2 amide bonds. The zero-order valence-electron chi connectivity index (χ0n) is 28.7. The number of nitrogens with two attached hydrogens (primary N) is 1. The predicted molar refractivity (Wildman–Crippen MR) is 181 cm³/mol. The first-order valence-corrected chi connectivity index (χ1v) is 17.3. The van der Waals surface area contributed by atoms with Gasteiger partial charge < -0.3 is 40.6 Å². The molecule has 5 heterocycles. The number of carbonyl (C=O) groups is 2. The number of piperazine rings is 1. The number of ether oxygens (including phenoxy) is 3. The third-order valence-corrected chi connectivity index (χ3v) is 10.3. The second-order valence-corrected chi connectivity index (χ2v) is 14.3. The van der Waals surface area contributed by atoms with E-state index in [1.54, 1.807) is 30.5 Å². The minimum absolute atomic E-state index is 0.0522. The largest absolute Gasteiger partial charge is 0.441 e. The molecular formula is C36H45F3N6O6. The Labute approximate surface area is 295 Å². The summed E-state index contributed by atoms with van der Waals surface area (Å²) in [5.41, 5.74) is 5.15. The Bertz CT molecular complexity index is 1580. The van der Waals surface area contributed by atoms with Crippen LogP contribution in [0, 0.1) is 17.3 Å². The summed E-state index contributed by atoms with van der Waals surface area (Å²) in [6.45, 7) is 5.16. The van der Waals surface area contributed by atoms with Crippen molar-refractivity contribution in [3.63, 3.8) is 0 Å². The van der Waals surface area contributed by atoms with Crippen molar-refractivity contribution < 1.29 is 42.1 Å². The number of hydrogen-bond acceptors (Lipinski definition) is 10. The third-order valence-electron chi connectivity index (χ3n) is 10.3. The molecule has 1 aromatic heterocycles. The minimum Gasteiger partial charge on any atom is -0.441 e. The molecule has 51 heavy (non-hydrogen) atoms. The fourth-order valence-corrected chi connectivity index (χ4v) is 6.92. The molecule has 4 aliphatic heterocycles. The molecule has 5 N–H and O–H groups in total. The van der Waals surface area contributed by atoms with Crippen molar-refractivity contribution in [2.45, 2.75) is 81.7 Å². The molecule has 276 valence electrons. The normalized spacial score (nSPS) is 22.8. The molecule has 6 rings (SSSR count). The Kier molecular flexibility index (Phi) is 11.1. The molecule has 4 fully saturated rings. The average molecular weight is 715 g/mol. The Morgan fingerprint density at radius 1 is 0.980 bits per heavy atom. The van der Waals surface area contributed by atoms with Crippen LogP contribution in [0.1, 0.15) is 43.4 Å². The molecule has 3 unspecified atom stereocenters. The number of fused-ring (bicyclic) bond motifs is 2. The van der Waals surface area contributed by atoms with Crippen LogP contribution >= 0.6 is 0 Å². The van der Waals surface area contributed by atoms with Crippen molar-refractivity contribution in [1.82, 2.24) is 20.5 Å². The van der Waals surface area contributed by atoms with Crippen LogP contribution in [0.5, 0.6) is 0 Å². The lowest BCUT2D eigenvalue weighted by atomic mass is 9.82. The van der Waals surface area contributed by atoms with Crippen LogP contribution < -0.4 is 21.3 Å². The number of nitrogens with zero attached hydrogens (tertiary/aromatic N) is 3. The van der Waals surface area contributed by atoms with E-state index in [4.69, 9.17) is 24.9 Å². The number of aliphatic hydroxyl groups is 1. The molecular weight excluding hydrogens is 669 g/mol. The second kappa shape index (κ2) is 15.3. The van der Waals surface area contributed by atoms with Crippen molar-refractivity contribution >= 4 is 17.8 Å². The van der Waals surface area contributed by atoms with Crippen LogP contribution in [-0.2, 0) is 25.4 Å². The lowest BCUT2D eigenvalue weighted by Crippen LogP contribution is -2.62. The maximum atomic E-state index is 14.0. The predicted octanol–water partition coefficient (Wildman–Crippen LogP) is 1.96. The van der Waals surface area contributed by atoms with E-state index in [2.05, 4.69) is 32.3 Å². The van der Waals surface area contributed by atoms with E-state index >= 15 is 0 Å². The molecule has 15 heteroatoms. The van der Waals surface area contributed by atoms with Gasteiger partial charge in [0.1, 0.15) is 11.9 Å². The summed E-state index contributed by atoms with van der Waals surface area (Å²) in [5.74, 6) is 6.06. The molecule has 12 nitrogen and oxygen atoms in total. The Balaban J connectivity index is 1.07. The number of alkyl carbamates (subject to hydrolysis) is 1. The number of carbonyl (C=O) groups excluding carboxylic acids is 2. The van der Waals surface area contributed by atoms with Gasteiger partial charge in [-0.3, -0.25) is 9.69 Å². The molecule has 0 radical (unpaired) electrons. The number of benzene rings is 1. The van der Waals surface area contributed by atoms with Gasteiger partial charge in [-0.25, -0.2) is 9.78 Å². The molecule has 0 aliphatic carbocycles. The lowest BCUT2D eigenvalue weighted by Gasteiger charge is -2.47. The minimum atomic E-state index is -4.86. The van der Waals surface area contributed by atoms with Gasteiger partial charge in [0.15, 0.2) is 6.10 Å². The van der Waals surface area contributed by atoms with Gasteiger partial charge in [-0.05, 0) is 62.9 Å². The topological polar surface area (TPSA) is 152 Å². The van der Waals surface area contributed by atoms with E-state index in [0.717, 1.165) is 51.5 Å². The van der Waals surface area contributed by atoms with Gasteiger partial charge in [0.25, 0.3) is 0 Å². The van der Waals surface area contributed by atoms with E-state index in [-0.39, 0.29) is 26.2 Å². The number of halogens is 3. The Morgan fingerprint density at radius 2 is 1.61 bits per heavy atom. The van der Waals surface area contributed by atoms with E-state index < -0.39 is 47.9 Å². The highest BCUT2D eigenvalue weighted by atomic mass is 19.4. The SMILES string of the molecule is CC(C)(C(NC(=O)OC1COC1)C(=O)N[C@@H](Cc1ccc(C#Cc2ccc(N3CC4CCC(C3)N4C3COC3)nc2)cc1)[C@@H](O)CN)C(F)(F)F. The van der Waals surface area contributed by atoms with Crippen LogP contribution in [-0.4, -0.2) is 122 Å². The fourth-order valence-electron chi connectivity index (χ4n) is 6.92. The number of rotatable bonds is 11. The van der Waals surface area contributed by atoms with Crippen LogP contribution in [0.15, 0.2) is 42.6 Å². The molecule has 2 aromatic rings. The number of nitrogens with one attached hydrogen (secondary N) is 2. The lowest BCUT2D eigenvalue weighted by molar-refractivity contribution is -0.221. The highest BCUT2D eigenvalue weighted by Gasteiger charge is 2.56. The number of alkyl halides is 3. The van der Waals surface area contributed by atoms with Gasteiger partial charge in [0, 0.05) is 49.0 Å². The van der Waals surface area contributed by atoms with Gasteiger partial charge in [0.05, 0.1) is 50.0 Å². The van der Waals surface area contributed by atoms with Crippen LogP contribution in [0.2, 0.25) is 0 Å². The zero-order valence-corrected chi connectivity index (χ0v) is 28.7. The first-order chi connectivity index (χ1) is 24.3. The molecule has 5 atom stereocenters. The summed E-state index contributed by atoms with van der Waals surface area (Å²) in [5, 5.41) is 15.2.